The van der Waals surface area contributed by atoms with Gasteiger partial charge in [0, 0.05) is 25.0 Å². The summed E-state index contributed by atoms with van der Waals surface area (Å²) < 4.78 is 29.0. The van der Waals surface area contributed by atoms with Crippen LogP contribution >= 0.6 is 24.0 Å². The van der Waals surface area contributed by atoms with Crippen molar-refractivity contribution in [2.45, 2.75) is 26.8 Å². The summed E-state index contributed by atoms with van der Waals surface area (Å²) in [5.41, 5.74) is 3.20. The number of aryl methyl sites for hydroxylation is 1. The van der Waals surface area contributed by atoms with Gasteiger partial charge in [-0.2, -0.15) is 0 Å². The van der Waals surface area contributed by atoms with E-state index in [1.54, 1.807) is 0 Å². The number of guanidine groups is 1. The summed E-state index contributed by atoms with van der Waals surface area (Å²) in [5, 5.41) is 6.29. The Balaban J connectivity index is 0.00000280. The van der Waals surface area contributed by atoms with E-state index in [0.717, 1.165) is 29.2 Å². The molecule has 1 aromatic carbocycles. The van der Waals surface area contributed by atoms with Gasteiger partial charge in [0.2, 0.25) is 0 Å². The summed E-state index contributed by atoms with van der Waals surface area (Å²) in [5.74, 6) is -0.225. The fraction of sp³-hybridized carbons (Fsp3) is 0.300. The Hall–Kier alpha value is -2.23. The van der Waals surface area contributed by atoms with Crippen molar-refractivity contribution in [2.24, 2.45) is 4.99 Å². The Morgan fingerprint density at radius 3 is 2.75 bits per heavy atom. The first-order valence-corrected chi connectivity index (χ1v) is 8.96. The number of imidazole rings is 1. The van der Waals surface area contributed by atoms with Crippen LogP contribution in [0.3, 0.4) is 0 Å². The standard InChI is InChI=1S/C20H23F2N5.HI/c1-3-23-20(24-10-9-15-11-16(21)7-8-18(15)22)25-12-17-13-27-14(2)5-4-6-19(27)26-17;/h4-8,11,13H,3,9-10,12H2,1-2H3,(H2,23,24,25);1H. The van der Waals surface area contributed by atoms with Crippen molar-refractivity contribution in [3.63, 3.8) is 0 Å². The minimum atomic E-state index is -0.436. The third kappa shape index (κ3) is 5.63. The van der Waals surface area contributed by atoms with E-state index in [2.05, 4.69) is 20.6 Å². The third-order valence-corrected chi connectivity index (χ3v) is 4.18. The molecule has 0 saturated carbocycles. The molecular formula is C20H24F2IN5. The summed E-state index contributed by atoms with van der Waals surface area (Å²) >= 11 is 0. The van der Waals surface area contributed by atoms with E-state index in [-0.39, 0.29) is 24.0 Å². The molecule has 0 aliphatic heterocycles. The summed E-state index contributed by atoms with van der Waals surface area (Å²) in [7, 11) is 0. The minimum Gasteiger partial charge on any atom is -0.357 e. The monoisotopic (exact) mass is 499 g/mol. The van der Waals surface area contributed by atoms with Crippen molar-refractivity contribution in [1.29, 1.82) is 0 Å². The quantitative estimate of drug-likeness (QED) is 0.308. The zero-order valence-electron chi connectivity index (χ0n) is 15.9. The van der Waals surface area contributed by atoms with Crippen molar-refractivity contribution in [1.82, 2.24) is 20.0 Å². The lowest BCUT2D eigenvalue weighted by atomic mass is 10.1. The van der Waals surface area contributed by atoms with E-state index in [0.29, 0.717) is 37.6 Å². The van der Waals surface area contributed by atoms with Crippen LogP contribution in [0.25, 0.3) is 5.65 Å². The van der Waals surface area contributed by atoms with Crippen molar-refractivity contribution in [3.8, 4) is 0 Å². The molecule has 5 nitrogen and oxygen atoms in total. The van der Waals surface area contributed by atoms with E-state index in [1.165, 1.54) is 6.07 Å². The largest absolute Gasteiger partial charge is 0.357 e. The summed E-state index contributed by atoms with van der Waals surface area (Å²) in [6.45, 7) is 5.56. The van der Waals surface area contributed by atoms with Crippen molar-refractivity contribution >= 4 is 35.6 Å². The van der Waals surface area contributed by atoms with Gasteiger partial charge in [0.1, 0.15) is 17.3 Å². The summed E-state index contributed by atoms with van der Waals surface area (Å²) in [6, 6.07) is 9.45. The number of benzene rings is 1. The molecular weight excluding hydrogens is 475 g/mol. The first-order chi connectivity index (χ1) is 13.1. The van der Waals surface area contributed by atoms with E-state index < -0.39 is 11.6 Å². The van der Waals surface area contributed by atoms with Crippen LogP contribution in [0.1, 0.15) is 23.9 Å². The molecule has 3 aromatic rings. The number of aliphatic imine (C=N–C) groups is 1. The second kappa shape index (κ2) is 10.4. The SMILES string of the molecule is CCNC(=NCc1cn2c(C)cccc2n1)NCCc1cc(F)ccc1F.I. The molecule has 3 rings (SSSR count). The van der Waals surface area contributed by atoms with Gasteiger partial charge in [-0.05, 0) is 56.2 Å². The van der Waals surface area contributed by atoms with Crippen molar-refractivity contribution in [3.05, 3.63) is 71.2 Å². The predicted octanol–water partition coefficient (Wildman–Crippen LogP) is 3.84. The highest BCUT2D eigenvalue weighted by atomic mass is 127. The zero-order chi connectivity index (χ0) is 19.2. The van der Waals surface area contributed by atoms with Gasteiger partial charge in [-0.3, -0.25) is 0 Å². The van der Waals surface area contributed by atoms with E-state index in [1.807, 2.05) is 42.6 Å². The number of hydrogen-bond acceptors (Lipinski definition) is 2. The molecule has 0 aliphatic carbocycles. The average Bonchev–Trinajstić information content (AvgIpc) is 3.07. The average molecular weight is 499 g/mol. The smallest absolute Gasteiger partial charge is 0.191 e. The Morgan fingerprint density at radius 1 is 1.18 bits per heavy atom. The van der Waals surface area contributed by atoms with Crippen LogP contribution in [-0.2, 0) is 13.0 Å². The Morgan fingerprint density at radius 2 is 2.00 bits per heavy atom. The number of pyridine rings is 1. The van der Waals surface area contributed by atoms with Crippen molar-refractivity contribution in [2.75, 3.05) is 13.1 Å². The number of nitrogens with one attached hydrogen (secondary N) is 2. The van der Waals surface area contributed by atoms with Crippen LogP contribution in [0.15, 0.2) is 47.6 Å². The molecule has 0 spiro atoms. The molecule has 2 N–H and O–H groups in total. The molecule has 2 heterocycles. The summed E-state index contributed by atoms with van der Waals surface area (Å²) in [4.78, 5) is 9.09. The Bertz CT molecular complexity index is 955. The molecule has 150 valence electrons. The molecule has 0 aliphatic rings. The molecule has 0 radical (unpaired) electrons. The molecule has 2 aromatic heterocycles. The van der Waals surface area contributed by atoms with E-state index in [9.17, 15) is 8.78 Å². The molecule has 0 bridgehead atoms. The fourth-order valence-corrected chi connectivity index (χ4v) is 2.83. The van der Waals surface area contributed by atoms with Crippen LogP contribution < -0.4 is 10.6 Å². The first-order valence-electron chi connectivity index (χ1n) is 8.96. The number of rotatable bonds is 6. The van der Waals surface area contributed by atoms with E-state index >= 15 is 0 Å². The van der Waals surface area contributed by atoms with Gasteiger partial charge in [-0.15, -0.1) is 24.0 Å². The van der Waals surface area contributed by atoms with Gasteiger partial charge < -0.3 is 15.0 Å². The third-order valence-electron chi connectivity index (χ3n) is 4.18. The molecule has 0 fully saturated rings. The number of nitrogens with zero attached hydrogens (tertiary/aromatic N) is 3. The maximum absolute atomic E-state index is 13.7. The molecule has 0 amide bonds. The lowest BCUT2D eigenvalue weighted by molar-refractivity contribution is 0.583. The van der Waals surface area contributed by atoms with Gasteiger partial charge >= 0.3 is 0 Å². The highest BCUT2D eigenvalue weighted by molar-refractivity contribution is 14.0. The van der Waals surface area contributed by atoms with Crippen LogP contribution in [0, 0.1) is 18.6 Å². The predicted molar refractivity (Wildman–Crippen MR) is 118 cm³/mol. The van der Waals surface area contributed by atoms with E-state index in [4.69, 9.17) is 0 Å². The highest BCUT2D eigenvalue weighted by Gasteiger charge is 2.06. The second-order valence-electron chi connectivity index (χ2n) is 6.24. The maximum atomic E-state index is 13.7. The van der Waals surface area contributed by atoms with Crippen molar-refractivity contribution < 1.29 is 8.78 Å². The Kier molecular flexibility index (Phi) is 8.16. The van der Waals surface area contributed by atoms with Gasteiger partial charge in [0.25, 0.3) is 0 Å². The fourth-order valence-electron chi connectivity index (χ4n) is 2.83. The van der Waals surface area contributed by atoms with Gasteiger partial charge in [-0.1, -0.05) is 6.07 Å². The van der Waals surface area contributed by atoms with Crippen LogP contribution in [0.4, 0.5) is 8.78 Å². The Labute approximate surface area is 180 Å². The van der Waals surface area contributed by atoms with Crippen LogP contribution in [0.2, 0.25) is 0 Å². The minimum absolute atomic E-state index is 0. The number of hydrogen-bond donors (Lipinski definition) is 2. The number of aromatic nitrogens is 2. The van der Waals surface area contributed by atoms with Crippen LogP contribution in [0.5, 0.6) is 0 Å². The topological polar surface area (TPSA) is 53.7 Å². The molecule has 0 saturated heterocycles. The number of fused-ring (bicyclic) bond motifs is 1. The molecule has 0 atom stereocenters. The van der Waals surface area contributed by atoms with Gasteiger partial charge in [0.15, 0.2) is 5.96 Å². The molecule has 0 unspecified atom stereocenters. The summed E-state index contributed by atoms with van der Waals surface area (Å²) in [6.07, 6.45) is 2.33. The highest BCUT2D eigenvalue weighted by Crippen LogP contribution is 2.10. The lowest BCUT2D eigenvalue weighted by Crippen LogP contribution is -2.38. The zero-order valence-corrected chi connectivity index (χ0v) is 18.2. The van der Waals surface area contributed by atoms with Gasteiger partial charge in [-0.25, -0.2) is 18.8 Å². The lowest BCUT2D eigenvalue weighted by Gasteiger charge is -2.11. The first kappa shape index (κ1) is 22.1. The second-order valence-corrected chi connectivity index (χ2v) is 6.24. The van der Waals surface area contributed by atoms with Gasteiger partial charge in [0.05, 0.1) is 12.2 Å². The number of halogens is 3. The normalized spacial score (nSPS) is 11.4. The van der Waals surface area contributed by atoms with Crippen LogP contribution in [-0.4, -0.2) is 28.4 Å². The maximum Gasteiger partial charge on any atom is 0.191 e. The molecule has 8 heteroatoms. The molecule has 28 heavy (non-hydrogen) atoms.